The normalized spacial score (nSPS) is 23.7. The highest BCUT2D eigenvalue weighted by atomic mass is 19.1. The second-order valence-electron chi connectivity index (χ2n) is 6.96. The highest BCUT2D eigenvalue weighted by Crippen LogP contribution is 2.30. The van der Waals surface area contributed by atoms with Gasteiger partial charge in [0.25, 0.3) is 5.88 Å². The van der Waals surface area contributed by atoms with Gasteiger partial charge < -0.3 is 34.6 Å². The molecule has 2 unspecified atom stereocenters. The molecule has 0 aliphatic carbocycles. The number of hydrogen-bond donors (Lipinski definition) is 3. The standard InChI is InChI=1S/C19H21FN4O6/c20-12-7-11(1-2-13(12)24-5-4-21-8-14(24)15(26)9-25)18-16(30-19(27)22-18)10-28-17-3-6-29-23-17/h1-3,6-7,14,16,18,21,25H,4-5,8-10H2,(H,22,27)/t14?,16-,18?/m0/s1. The quantitative estimate of drug-likeness (QED) is 0.583. The van der Waals surface area contributed by atoms with Crippen molar-refractivity contribution in [2.75, 3.05) is 37.7 Å². The molecule has 160 valence electrons. The number of amides is 1. The number of nitrogens with one attached hydrogen (secondary N) is 2. The van der Waals surface area contributed by atoms with E-state index in [-0.39, 0.29) is 24.0 Å². The molecule has 2 fully saturated rings. The van der Waals surface area contributed by atoms with Gasteiger partial charge in [0.1, 0.15) is 31.3 Å². The van der Waals surface area contributed by atoms with Crippen LogP contribution in [0.1, 0.15) is 11.6 Å². The number of hydrogen-bond acceptors (Lipinski definition) is 9. The predicted octanol–water partition coefficient (Wildman–Crippen LogP) is 0.382. The van der Waals surface area contributed by atoms with Gasteiger partial charge in [0.2, 0.25) is 0 Å². The SMILES string of the molecule is O=C1NC(c2ccc(N3CCNCC3C(=O)CO)c(F)c2)[C@H](COc2ccon2)O1. The van der Waals surface area contributed by atoms with Crippen LogP contribution in [-0.2, 0) is 9.53 Å². The molecule has 10 nitrogen and oxygen atoms in total. The topological polar surface area (TPSA) is 126 Å². The van der Waals surface area contributed by atoms with E-state index < -0.39 is 36.7 Å². The maximum absolute atomic E-state index is 15.0. The summed E-state index contributed by atoms with van der Waals surface area (Å²) < 4.78 is 30.4. The second kappa shape index (κ2) is 8.67. The lowest BCUT2D eigenvalue weighted by molar-refractivity contribution is -0.123. The molecule has 3 N–H and O–H groups in total. The summed E-state index contributed by atoms with van der Waals surface area (Å²) >= 11 is 0. The van der Waals surface area contributed by atoms with E-state index >= 15 is 4.39 Å². The number of carbonyl (C=O) groups excluding carboxylic acids is 2. The summed E-state index contributed by atoms with van der Waals surface area (Å²) in [5.41, 5.74) is 0.753. The average molecular weight is 420 g/mol. The minimum absolute atomic E-state index is 0.00415. The number of rotatable bonds is 7. The summed E-state index contributed by atoms with van der Waals surface area (Å²) in [4.78, 5) is 25.4. The number of aromatic nitrogens is 1. The molecule has 0 bridgehead atoms. The van der Waals surface area contributed by atoms with Gasteiger partial charge >= 0.3 is 6.09 Å². The molecule has 1 aromatic carbocycles. The van der Waals surface area contributed by atoms with Gasteiger partial charge in [-0.3, -0.25) is 4.79 Å². The number of nitrogens with zero attached hydrogens (tertiary/aromatic N) is 2. The number of ether oxygens (including phenoxy) is 2. The van der Waals surface area contributed by atoms with Crippen molar-refractivity contribution in [3.63, 3.8) is 0 Å². The van der Waals surface area contributed by atoms with E-state index in [1.807, 2.05) is 0 Å². The van der Waals surface area contributed by atoms with Crippen molar-refractivity contribution in [3.8, 4) is 5.88 Å². The van der Waals surface area contributed by atoms with Crippen molar-refractivity contribution in [1.29, 1.82) is 0 Å². The van der Waals surface area contributed by atoms with Crippen LogP contribution in [0, 0.1) is 5.82 Å². The molecule has 4 rings (SSSR count). The molecule has 2 aliphatic rings. The monoisotopic (exact) mass is 420 g/mol. The minimum Gasteiger partial charge on any atom is -0.471 e. The number of cyclic esters (lactones) is 1. The van der Waals surface area contributed by atoms with Crippen LogP contribution >= 0.6 is 0 Å². The molecule has 1 aromatic heterocycles. The van der Waals surface area contributed by atoms with Crippen molar-refractivity contribution in [3.05, 3.63) is 41.9 Å². The molecule has 3 atom stereocenters. The van der Waals surface area contributed by atoms with Crippen molar-refractivity contribution < 1.29 is 33.1 Å². The summed E-state index contributed by atoms with van der Waals surface area (Å²) in [5, 5.41) is 18.6. The Bertz CT molecular complexity index is 908. The number of carbonyl (C=O) groups is 2. The first-order valence-electron chi connectivity index (χ1n) is 9.47. The molecule has 0 radical (unpaired) electrons. The Balaban J connectivity index is 1.52. The highest BCUT2D eigenvalue weighted by molar-refractivity contribution is 5.88. The molecule has 30 heavy (non-hydrogen) atoms. The van der Waals surface area contributed by atoms with E-state index in [9.17, 15) is 14.7 Å². The van der Waals surface area contributed by atoms with Crippen LogP contribution in [0.5, 0.6) is 5.88 Å². The Kier molecular flexibility index (Phi) is 5.81. The van der Waals surface area contributed by atoms with Crippen LogP contribution in [0.4, 0.5) is 14.9 Å². The molecule has 2 aromatic rings. The Labute approximate surface area is 170 Å². The molecular formula is C19H21FN4O6. The lowest BCUT2D eigenvalue weighted by Crippen LogP contribution is -2.56. The van der Waals surface area contributed by atoms with Crippen LogP contribution in [0.3, 0.4) is 0 Å². The van der Waals surface area contributed by atoms with Crippen molar-refractivity contribution in [2.24, 2.45) is 0 Å². The number of aliphatic hydroxyl groups is 1. The molecule has 2 saturated heterocycles. The zero-order valence-corrected chi connectivity index (χ0v) is 15.9. The Morgan fingerprint density at radius 1 is 1.40 bits per heavy atom. The molecule has 11 heteroatoms. The number of anilines is 1. The summed E-state index contributed by atoms with van der Waals surface area (Å²) in [7, 11) is 0. The fourth-order valence-corrected chi connectivity index (χ4v) is 3.67. The first-order chi connectivity index (χ1) is 14.6. The van der Waals surface area contributed by atoms with Crippen molar-refractivity contribution >= 4 is 17.6 Å². The van der Waals surface area contributed by atoms with E-state index in [1.54, 1.807) is 17.0 Å². The summed E-state index contributed by atoms with van der Waals surface area (Å²) in [6.45, 7) is 0.731. The van der Waals surface area contributed by atoms with Gasteiger partial charge in [-0.25, -0.2) is 9.18 Å². The van der Waals surface area contributed by atoms with Gasteiger partial charge in [0.15, 0.2) is 11.9 Å². The third kappa shape index (κ3) is 4.07. The van der Waals surface area contributed by atoms with Crippen LogP contribution in [-0.4, -0.2) is 67.1 Å². The van der Waals surface area contributed by atoms with Crippen molar-refractivity contribution in [1.82, 2.24) is 15.8 Å². The van der Waals surface area contributed by atoms with E-state index in [1.165, 1.54) is 18.4 Å². The zero-order chi connectivity index (χ0) is 21.1. The summed E-state index contributed by atoms with van der Waals surface area (Å²) in [5.74, 6) is -0.675. The van der Waals surface area contributed by atoms with Gasteiger partial charge in [-0.1, -0.05) is 6.07 Å². The number of benzene rings is 1. The van der Waals surface area contributed by atoms with E-state index in [4.69, 9.17) is 9.47 Å². The van der Waals surface area contributed by atoms with Gasteiger partial charge in [0, 0.05) is 25.7 Å². The van der Waals surface area contributed by atoms with E-state index in [0.717, 1.165) is 0 Å². The molecule has 0 spiro atoms. The lowest BCUT2D eigenvalue weighted by Gasteiger charge is -2.37. The van der Waals surface area contributed by atoms with Gasteiger partial charge in [-0.2, -0.15) is 0 Å². The Hall–Kier alpha value is -3.18. The zero-order valence-electron chi connectivity index (χ0n) is 15.9. The predicted molar refractivity (Wildman–Crippen MR) is 101 cm³/mol. The van der Waals surface area contributed by atoms with E-state index in [0.29, 0.717) is 25.2 Å². The first kappa shape index (κ1) is 20.1. The second-order valence-corrected chi connectivity index (χ2v) is 6.96. The number of Topliss-reactive ketones (excluding diaryl/α,β-unsaturated/α-hetero) is 1. The highest BCUT2D eigenvalue weighted by Gasteiger charge is 2.37. The Morgan fingerprint density at radius 3 is 3.00 bits per heavy atom. The molecular weight excluding hydrogens is 399 g/mol. The Morgan fingerprint density at radius 2 is 2.27 bits per heavy atom. The molecule has 1 amide bonds. The average Bonchev–Trinajstić information content (AvgIpc) is 3.41. The maximum atomic E-state index is 15.0. The van der Waals surface area contributed by atoms with Crippen LogP contribution < -0.4 is 20.3 Å². The van der Waals surface area contributed by atoms with Crippen LogP contribution in [0.2, 0.25) is 0 Å². The number of aliphatic hydroxyl groups excluding tert-OH is 1. The number of piperazine rings is 1. The number of ketones is 1. The van der Waals surface area contributed by atoms with Gasteiger partial charge in [0.05, 0.1) is 11.7 Å². The van der Waals surface area contributed by atoms with Crippen LogP contribution in [0.25, 0.3) is 0 Å². The third-order valence-electron chi connectivity index (χ3n) is 5.12. The molecule has 3 heterocycles. The largest absolute Gasteiger partial charge is 0.471 e. The lowest BCUT2D eigenvalue weighted by atomic mass is 10.0. The third-order valence-corrected chi connectivity index (χ3v) is 5.12. The number of alkyl carbamates (subject to hydrolysis) is 1. The first-order valence-corrected chi connectivity index (χ1v) is 9.47. The van der Waals surface area contributed by atoms with Crippen molar-refractivity contribution in [2.45, 2.75) is 18.2 Å². The molecule has 0 saturated carbocycles. The summed E-state index contributed by atoms with van der Waals surface area (Å²) in [6.07, 6.45) is 0.0291. The van der Waals surface area contributed by atoms with Gasteiger partial charge in [-0.15, -0.1) is 0 Å². The fraction of sp³-hybridized carbons (Fsp3) is 0.421. The number of halogens is 1. The van der Waals surface area contributed by atoms with Crippen LogP contribution in [0.15, 0.2) is 35.1 Å². The summed E-state index contributed by atoms with van der Waals surface area (Å²) in [6, 6.07) is 4.79. The van der Waals surface area contributed by atoms with Gasteiger partial charge in [-0.05, 0) is 22.9 Å². The molecule has 2 aliphatic heterocycles. The minimum atomic E-state index is -0.692. The van der Waals surface area contributed by atoms with E-state index in [2.05, 4.69) is 20.3 Å². The fourth-order valence-electron chi connectivity index (χ4n) is 3.67. The smallest absolute Gasteiger partial charge is 0.408 e. The maximum Gasteiger partial charge on any atom is 0.408 e.